The highest BCUT2D eigenvalue weighted by atomic mass is 19.4. The highest BCUT2D eigenvalue weighted by Gasteiger charge is 2.36. The lowest BCUT2D eigenvalue weighted by molar-refractivity contribution is -0.274. The number of likely N-dealkylation sites (tertiary alicyclic amines) is 1. The van der Waals surface area contributed by atoms with E-state index >= 15 is 0 Å². The van der Waals surface area contributed by atoms with Crippen LogP contribution in [0.25, 0.3) is 5.78 Å². The monoisotopic (exact) mass is 445 g/mol. The van der Waals surface area contributed by atoms with Gasteiger partial charge in [0, 0.05) is 19.0 Å². The van der Waals surface area contributed by atoms with Crippen LogP contribution < -0.4 is 4.74 Å². The van der Waals surface area contributed by atoms with Gasteiger partial charge in [-0.1, -0.05) is 12.1 Å². The lowest BCUT2D eigenvalue weighted by Gasteiger charge is -2.32. The Kier molecular flexibility index (Phi) is 5.50. The van der Waals surface area contributed by atoms with Gasteiger partial charge in [0.15, 0.2) is 5.69 Å². The van der Waals surface area contributed by atoms with Crippen molar-refractivity contribution in [2.45, 2.75) is 37.8 Å². The Labute approximate surface area is 172 Å². The Bertz CT molecular complexity index is 1050. The van der Waals surface area contributed by atoms with Gasteiger partial charge in [-0.15, -0.1) is 13.2 Å². The molecule has 1 aliphatic rings. The average molecular weight is 445 g/mol. The normalized spacial score (nSPS) is 18.5. The van der Waals surface area contributed by atoms with Crippen molar-refractivity contribution in [1.29, 1.82) is 0 Å². The summed E-state index contributed by atoms with van der Waals surface area (Å²) >= 11 is 0. The quantitative estimate of drug-likeness (QED) is 0.557. The lowest BCUT2D eigenvalue weighted by atomic mass is 9.93. The summed E-state index contributed by atoms with van der Waals surface area (Å²) in [5.41, 5.74) is 0.140. The fourth-order valence-electron chi connectivity index (χ4n) is 3.74. The van der Waals surface area contributed by atoms with Crippen LogP contribution in [0.1, 0.15) is 35.7 Å². The average Bonchev–Trinajstić information content (AvgIpc) is 3.15. The van der Waals surface area contributed by atoms with E-state index in [1.165, 1.54) is 24.3 Å². The maximum Gasteiger partial charge on any atom is 0.573 e. The smallest absolute Gasteiger partial charge is 0.406 e. The molecule has 1 unspecified atom stereocenters. The molecule has 31 heavy (non-hydrogen) atoms. The van der Waals surface area contributed by atoms with Crippen molar-refractivity contribution >= 4 is 5.78 Å². The molecule has 1 atom stereocenters. The van der Waals surface area contributed by atoms with Crippen molar-refractivity contribution in [3.05, 3.63) is 53.6 Å². The highest BCUT2D eigenvalue weighted by molar-refractivity contribution is 5.33. The van der Waals surface area contributed by atoms with Crippen molar-refractivity contribution < 1.29 is 31.1 Å². The molecule has 1 aromatic carbocycles. The number of alkyl halides is 6. The molecule has 4 rings (SSSR count). The van der Waals surface area contributed by atoms with E-state index in [2.05, 4.69) is 19.8 Å². The number of nitrogens with zero attached hydrogens (tertiary/aromatic N) is 5. The van der Waals surface area contributed by atoms with E-state index in [1.54, 1.807) is 0 Å². The lowest BCUT2D eigenvalue weighted by Crippen LogP contribution is -2.34. The minimum Gasteiger partial charge on any atom is -0.406 e. The van der Waals surface area contributed by atoms with E-state index in [0.29, 0.717) is 29.7 Å². The molecule has 1 fully saturated rings. The van der Waals surface area contributed by atoms with Crippen LogP contribution >= 0.6 is 0 Å². The number of aromatic nitrogens is 4. The van der Waals surface area contributed by atoms with Gasteiger partial charge in [0.1, 0.15) is 12.1 Å². The first kappa shape index (κ1) is 21.3. The topological polar surface area (TPSA) is 55.6 Å². The molecule has 0 bridgehead atoms. The Hall–Kier alpha value is -2.89. The number of benzene rings is 1. The van der Waals surface area contributed by atoms with Gasteiger partial charge in [0.25, 0.3) is 5.78 Å². The van der Waals surface area contributed by atoms with Crippen molar-refractivity contribution in [1.82, 2.24) is 24.5 Å². The van der Waals surface area contributed by atoms with Crippen LogP contribution in [0.5, 0.6) is 5.75 Å². The first-order valence-corrected chi connectivity index (χ1v) is 9.43. The third kappa shape index (κ3) is 5.06. The number of fused-ring (bicyclic) bond motifs is 1. The van der Waals surface area contributed by atoms with Crippen molar-refractivity contribution in [2.24, 2.45) is 0 Å². The Balaban J connectivity index is 1.49. The number of hydrogen-bond acceptors (Lipinski definition) is 5. The van der Waals surface area contributed by atoms with E-state index in [9.17, 15) is 26.3 Å². The highest BCUT2D eigenvalue weighted by Crippen LogP contribution is 2.33. The molecule has 3 aromatic rings. The van der Waals surface area contributed by atoms with Crippen LogP contribution in [-0.4, -0.2) is 43.9 Å². The molecule has 2 aromatic heterocycles. The second-order valence-electron chi connectivity index (χ2n) is 7.30. The molecule has 6 nitrogen and oxygen atoms in total. The fraction of sp³-hybridized carbons (Fsp3) is 0.421. The zero-order valence-corrected chi connectivity index (χ0v) is 16.0. The zero-order valence-electron chi connectivity index (χ0n) is 16.0. The summed E-state index contributed by atoms with van der Waals surface area (Å²) in [5.74, 6) is -0.648. The van der Waals surface area contributed by atoms with Crippen LogP contribution in [0, 0.1) is 0 Å². The van der Waals surface area contributed by atoms with E-state index in [0.717, 1.165) is 30.9 Å². The van der Waals surface area contributed by atoms with Crippen LogP contribution in [0.2, 0.25) is 0 Å². The number of hydrogen-bond donors (Lipinski definition) is 0. The number of rotatable bonds is 4. The standard InChI is InChI=1S/C19H17F6N5O/c20-18(21,22)16-8-15(28-17-26-11-27-30(16)17)13-2-1-7-29(10-13)9-12-3-5-14(6-4-12)31-19(23,24)25/h3-6,8,11,13H,1-2,7,9-10H2. The first-order valence-electron chi connectivity index (χ1n) is 9.43. The molecule has 0 amide bonds. The van der Waals surface area contributed by atoms with Crippen molar-refractivity contribution in [3.63, 3.8) is 0 Å². The van der Waals surface area contributed by atoms with Gasteiger partial charge in [-0.25, -0.2) is 4.98 Å². The molecule has 3 heterocycles. The molecular formula is C19H17F6N5O. The van der Waals surface area contributed by atoms with Gasteiger partial charge < -0.3 is 4.74 Å². The fourth-order valence-corrected chi connectivity index (χ4v) is 3.74. The second kappa shape index (κ2) is 7.98. The minimum absolute atomic E-state index is 0.109. The van der Waals surface area contributed by atoms with Crippen molar-refractivity contribution in [3.8, 4) is 5.75 Å². The van der Waals surface area contributed by atoms with Crippen LogP contribution in [0.3, 0.4) is 0 Å². The molecule has 166 valence electrons. The second-order valence-corrected chi connectivity index (χ2v) is 7.30. The Morgan fingerprint density at radius 1 is 1.06 bits per heavy atom. The van der Waals surface area contributed by atoms with Crippen molar-refractivity contribution in [2.75, 3.05) is 13.1 Å². The SMILES string of the molecule is FC(F)(F)Oc1ccc(CN2CCCC(c3cc(C(F)(F)F)n4ncnc4n3)C2)cc1. The minimum atomic E-state index is -4.75. The van der Waals surface area contributed by atoms with Gasteiger partial charge in [-0.3, -0.25) is 4.90 Å². The summed E-state index contributed by atoms with van der Waals surface area (Å²) in [4.78, 5) is 10.1. The molecule has 0 radical (unpaired) electrons. The summed E-state index contributed by atoms with van der Waals surface area (Å²) < 4.78 is 81.7. The maximum absolute atomic E-state index is 13.4. The van der Waals surface area contributed by atoms with Gasteiger partial charge in [0.2, 0.25) is 0 Å². The zero-order chi connectivity index (χ0) is 22.2. The Morgan fingerprint density at radius 3 is 2.48 bits per heavy atom. The molecule has 0 N–H and O–H groups in total. The van der Waals surface area contributed by atoms with Gasteiger partial charge in [0.05, 0.1) is 5.69 Å². The summed E-state index contributed by atoms with van der Waals surface area (Å²) in [6, 6.07) is 6.56. The summed E-state index contributed by atoms with van der Waals surface area (Å²) in [6.45, 7) is 1.63. The van der Waals surface area contributed by atoms with E-state index in [1.807, 2.05) is 4.90 Å². The van der Waals surface area contributed by atoms with Gasteiger partial charge in [-0.05, 0) is 43.1 Å². The Morgan fingerprint density at radius 2 is 1.81 bits per heavy atom. The third-order valence-electron chi connectivity index (χ3n) is 5.05. The van der Waals surface area contributed by atoms with Crippen LogP contribution in [-0.2, 0) is 12.7 Å². The number of ether oxygens (including phenoxy) is 1. The molecule has 1 saturated heterocycles. The predicted octanol–water partition coefficient (Wildman–Crippen LogP) is 4.42. The van der Waals surface area contributed by atoms with Gasteiger partial charge >= 0.3 is 12.5 Å². The van der Waals surface area contributed by atoms with Gasteiger partial charge in [-0.2, -0.15) is 27.8 Å². The number of piperidine rings is 1. The van der Waals surface area contributed by atoms with E-state index < -0.39 is 18.2 Å². The van der Waals surface area contributed by atoms with Crippen LogP contribution in [0.15, 0.2) is 36.7 Å². The molecule has 1 aliphatic heterocycles. The molecule has 12 heteroatoms. The summed E-state index contributed by atoms with van der Waals surface area (Å²) in [7, 11) is 0. The van der Waals surface area contributed by atoms with E-state index in [4.69, 9.17) is 0 Å². The van der Waals surface area contributed by atoms with Crippen LogP contribution in [0.4, 0.5) is 26.3 Å². The summed E-state index contributed by atoms with van der Waals surface area (Å²) in [6.07, 6.45) is -6.90. The molecule has 0 saturated carbocycles. The van der Waals surface area contributed by atoms with E-state index in [-0.39, 0.29) is 17.4 Å². The summed E-state index contributed by atoms with van der Waals surface area (Å²) in [5, 5.41) is 3.60. The maximum atomic E-state index is 13.4. The third-order valence-corrected chi connectivity index (χ3v) is 5.05. The first-order chi connectivity index (χ1) is 14.6. The largest absolute Gasteiger partial charge is 0.573 e. The number of halogens is 6. The molecular weight excluding hydrogens is 428 g/mol. The molecule has 0 aliphatic carbocycles. The molecule has 0 spiro atoms. The predicted molar refractivity (Wildman–Crippen MR) is 96.2 cm³/mol.